The minimum absolute atomic E-state index is 0. The number of aliphatic hydroxyl groups excluding tert-OH is 1. The lowest BCUT2D eigenvalue weighted by atomic mass is 10.2. The maximum Gasteiger partial charge on any atom is 0.202 e. The molecule has 0 aliphatic carbocycles. The van der Waals surface area contributed by atoms with Crippen molar-refractivity contribution in [2.45, 2.75) is 27.4 Å². The Labute approximate surface area is 95.8 Å². The second kappa shape index (κ2) is 4.85. The maximum atomic E-state index is 8.98. The number of nitrogens with zero attached hydrogens (tertiary/aromatic N) is 2. The fourth-order valence-corrected chi connectivity index (χ4v) is 1.20. The number of aromatic nitrogens is 2. The standard InChI is InChI=1S/C9H15N2O.HI/c1-6-7(2)11(4)8(3)9(5-12)10-6;/h12H,5H2,1-4H3;1H/q+1;/p-1. The highest BCUT2D eigenvalue weighted by atomic mass is 127. The Kier molecular flexibility index (Phi) is 4.77. The molecule has 1 N–H and O–H groups in total. The fraction of sp³-hybridized carbons (Fsp3) is 0.556. The van der Waals surface area contributed by atoms with Gasteiger partial charge in [-0.05, 0) is 6.92 Å². The molecule has 0 radical (unpaired) electrons. The Bertz CT molecular complexity index is 313. The van der Waals surface area contributed by atoms with Crippen molar-refractivity contribution in [2.75, 3.05) is 0 Å². The van der Waals surface area contributed by atoms with Crippen molar-refractivity contribution in [3.8, 4) is 0 Å². The predicted octanol–water partition coefficient (Wildman–Crippen LogP) is -2.67. The largest absolute Gasteiger partial charge is 1.00 e. The molecule has 0 saturated heterocycles. The van der Waals surface area contributed by atoms with Crippen molar-refractivity contribution < 1.29 is 33.7 Å². The van der Waals surface area contributed by atoms with Crippen LogP contribution in [-0.2, 0) is 13.7 Å². The maximum absolute atomic E-state index is 8.98. The predicted molar refractivity (Wildman–Crippen MR) is 45.5 cm³/mol. The van der Waals surface area contributed by atoms with Gasteiger partial charge in [-0.3, -0.25) is 0 Å². The number of halogens is 1. The first kappa shape index (κ1) is 12.8. The van der Waals surface area contributed by atoms with Crippen molar-refractivity contribution >= 4 is 0 Å². The first-order valence-corrected chi connectivity index (χ1v) is 4.01. The van der Waals surface area contributed by atoms with Gasteiger partial charge in [-0.2, -0.15) is 4.57 Å². The van der Waals surface area contributed by atoms with E-state index in [0.717, 1.165) is 22.8 Å². The number of hydrogen-bond acceptors (Lipinski definition) is 2. The van der Waals surface area contributed by atoms with E-state index in [1.807, 2.05) is 32.4 Å². The summed E-state index contributed by atoms with van der Waals surface area (Å²) in [6.45, 7) is 5.95. The molecule has 4 heteroatoms. The molecule has 0 saturated carbocycles. The number of hydrogen-bond donors (Lipinski definition) is 1. The van der Waals surface area contributed by atoms with Gasteiger partial charge in [0.25, 0.3) is 0 Å². The van der Waals surface area contributed by atoms with Crippen LogP contribution in [0.3, 0.4) is 0 Å². The first-order valence-electron chi connectivity index (χ1n) is 4.01. The summed E-state index contributed by atoms with van der Waals surface area (Å²) in [5.74, 6) is 0. The zero-order valence-electron chi connectivity index (χ0n) is 8.43. The third kappa shape index (κ3) is 2.37. The Morgan fingerprint density at radius 1 is 1.23 bits per heavy atom. The van der Waals surface area contributed by atoms with E-state index in [-0.39, 0.29) is 30.6 Å². The van der Waals surface area contributed by atoms with E-state index >= 15 is 0 Å². The van der Waals surface area contributed by atoms with Crippen molar-refractivity contribution in [2.24, 2.45) is 7.05 Å². The molecule has 0 aliphatic heterocycles. The second-order valence-electron chi connectivity index (χ2n) is 3.03. The number of aryl methyl sites for hydroxylation is 1. The quantitative estimate of drug-likeness (QED) is 0.453. The normalized spacial score (nSPS) is 9.62. The summed E-state index contributed by atoms with van der Waals surface area (Å²) in [6, 6.07) is 0. The topological polar surface area (TPSA) is 37.0 Å². The Hall–Kier alpha value is -0.230. The molecule has 0 atom stereocenters. The van der Waals surface area contributed by atoms with Crippen molar-refractivity contribution in [3.63, 3.8) is 0 Å². The Balaban J connectivity index is 0.00000144. The number of aliphatic hydroxyl groups is 1. The molecule has 0 aromatic carbocycles. The average Bonchev–Trinajstić information content (AvgIpc) is 2.08. The second-order valence-corrected chi connectivity index (χ2v) is 3.03. The van der Waals surface area contributed by atoms with Crippen LogP contribution in [0.4, 0.5) is 0 Å². The minimum atomic E-state index is 0. The van der Waals surface area contributed by atoms with Gasteiger partial charge in [0, 0.05) is 13.8 Å². The van der Waals surface area contributed by atoms with Gasteiger partial charge in [0.1, 0.15) is 18.4 Å². The van der Waals surface area contributed by atoms with Crippen molar-refractivity contribution in [3.05, 3.63) is 22.8 Å². The van der Waals surface area contributed by atoms with Gasteiger partial charge in [0.05, 0.1) is 6.61 Å². The van der Waals surface area contributed by atoms with E-state index in [0.29, 0.717) is 0 Å². The molecule has 1 aromatic heterocycles. The van der Waals surface area contributed by atoms with Crippen molar-refractivity contribution in [1.82, 2.24) is 4.98 Å². The van der Waals surface area contributed by atoms with Gasteiger partial charge in [-0.25, -0.2) is 4.98 Å². The van der Waals surface area contributed by atoms with Gasteiger partial charge in [-0.15, -0.1) is 0 Å². The fourth-order valence-electron chi connectivity index (χ4n) is 1.20. The monoisotopic (exact) mass is 294 g/mol. The van der Waals surface area contributed by atoms with Crippen LogP contribution in [0.2, 0.25) is 0 Å². The lowest BCUT2D eigenvalue weighted by Crippen LogP contribution is -3.00. The van der Waals surface area contributed by atoms with Crippen LogP contribution < -0.4 is 28.5 Å². The molecule has 74 valence electrons. The molecule has 0 spiro atoms. The highest BCUT2D eigenvalue weighted by Gasteiger charge is 2.14. The Morgan fingerprint density at radius 3 is 2.23 bits per heavy atom. The van der Waals surface area contributed by atoms with E-state index in [1.54, 1.807) is 0 Å². The molecule has 0 unspecified atom stereocenters. The lowest BCUT2D eigenvalue weighted by molar-refractivity contribution is -0.685. The van der Waals surface area contributed by atoms with Gasteiger partial charge in [-0.1, -0.05) is 0 Å². The minimum Gasteiger partial charge on any atom is -1.00 e. The summed E-state index contributed by atoms with van der Waals surface area (Å²) < 4.78 is 2.05. The smallest absolute Gasteiger partial charge is 0.202 e. The van der Waals surface area contributed by atoms with Gasteiger partial charge in [0.2, 0.25) is 5.69 Å². The molecule has 3 nitrogen and oxygen atoms in total. The van der Waals surface area contributed by atoms with Crippen LogP contribution in [0.5, 0.6) is 0 Å². The molecule has 0 bridgehead atoms. The molecule has 1 rings (SSSR count). The zero-order chi connectivity index (χ0) is 9.30. The van der Waals surface area contributed by atoms with Crippen LogP contribution in [0.1, 0.15) is 22.8 Å². The van der Waals surface area contributed by atoms with Gasteiger partial charge < -0.3 is 29.1 Å². The molecule has 13 heavy (non-hydrogen) atoms. The average molecular weight is 294 g/mol. The SMILES string of the molecule is Cc1nc(CO)c(C)[n+](C)c1C.[I-]. The molecule has 1 heterocycles. The van der Waals surface area contributed by atoms with Gasteiger partial charge in [0.15, 0.2) is 5.69 Å². The molecular weight excluding hydrogens is 279 g/mol. The summed E-state index contributed by atoms with van der Waals surface area (Å²) >= 11 is 0. The summed E-state index contributed by atoms with van der Waals surface area (Å²) in [5, 5.41) is 8.98. The first-order chi connectivity index (χ1) is 5.57. The lowest BCUT2D eigenvalue weighted by Gasteiger charge is -2.04. The molecule has 0 aliphatic rings. The third-order valence-electron chi connectivity index (χ3n) is 2.40. The van der Waals surface area contributed by atoms with E-state index < -0.39 is 0 Å². The molecule has 1 aromatic rings. The highest BCUT2D eigenvalue weighted by Crippen LogP contribution is 2.03. The van der Waals surface area contributed by atoms with Crippen LogP contribution in [0, 0.1) is 20.8 Å². The van der Waals surface area contributed by atoms with E-state index in [2.05, 4.69) is 4.98 Å². The van der Waals surface area contributed by atoms with Crippen LogP contribution >= 0.6 is 0 Å². The molecular formula is C9H15IN2O. The van der Waals surface area contributed by atoms with Crippen molar-refractivity contribution in [1.29, 1.82) is 0 Å². The van der Waals surface area contributed by atoms with Crippen LogP contribution in [-0.4, -0.2) is 10.1 Å². The third-order valence-corrected chi connectivity index (χ3v) is 2.40. The van der Waals surface area contributed by atoms with E-state index in [4.69, 9.17) is 5.11 Å². The summed E-state index contributed by atoms with van der Waals surface area (Å²) in [4.78, 5) is 4.28. The molecule has 0 fully saturated rings. The van der Waals surface area contributed by atoms with Gasteiger partial charge >= 0.3 is 0 Å². The Morgan fingerprint density at radius 2 is 1.77 bits per heavy atom. The molecule has 0 amide bonds. The number of rotatable bonds is 1. The van der Waals surface area contributed by atoms with E-state index in [1.165, 1.54) is 0 Å². The summed E-state index contributed by atoms with van der Waals surface area (Å²) in [5.41, 5.74) is 3.91. The highest BCUT2D eigenvalue weighted by molar-refractivity contribution is 5.10. The summed E-state index contributed by atoms with van der Waals surface area (Å²) in [7, 11) is 1.98. The van der Waals surface area contributed by atoms with Crippen LogP contribution in [0.15, 0.2) is 0 Å². The van der Waals surface area contributed by atoms with Crippen LogP contribution in [0.25, 0.3) is 0 Å². The summed E-state index contributed by atoms with van der Waals surface area (Å²) in [6.07, 6.45) is 0. The zero-order valence-corrected chi connectivity index (χ0v) is 10.6. The van der Waals surface area contributed by atoms with E-state index in [9.17, 15) is 0 Å².